The van der Waals surface area contributed by atoms with Gasteiger partial charge in [0.25, 0.3) is 0 Å². The van der Waals surface area contributed by atoms with Crippen molar-refractivity contribution in [2.75, 3.05) is 16.5 Å². The van der Waals surface area contributed by atoms with E-state index in [1.807, 2.05) is 0 Å². The van der Waals surface area contributed by atoms with Gasteiger partial charge < -0.3 is 9.80 Å². The van der Waals surface area contributed by atoms with Crippen LogP contribution in [-0.2, 0) is 13.2 Å². The van der Waals surface area contributed by atoms with Crippen molar-refractivity contribution in [3.63, 3.8) is 0 Å². The highest BCUT2D eigenvalue weighted by Gasteiger charge is 2.26. The number of benzene rings is 3. The molecular weight excluding hydrogens is 356 g/mol. The summed E-state index contributed by atoms with van der Waals surface area (Å²) in [5.41, 5.74) is 6.15. The van der Waals surface area contributed by atoms with Gasteiger partial charge in [-0.25, -0.2) is 4.98 Å². The fourth-order valence-electron chi connectivity index (χ4n) is 4.09. The van der Waals surface area contributed by atoms with Crippen LogP contribution in [0.3, 0.4) is 0 Å². The van der Waals surface area contributed by atoms with Crippen molar-refractivity contribution in [1.82, 2.24) is 9.55 Å². The molecule has 0 amide bonds. The fraction of sp³-hybridized carbons (Fsp3) is 0.240. The predicted octanol–water partition coefficient (Wildman–Crippen LogP) is 5.60. The highest BCUT2D eigenvalue weighted by Crippen LogP contribution is 2.31. The standard InChI is InChI=1S/C25H26N4/c1-19(2)21-12-14-22(15-13-21)28-17-27(16-20-8-4-3-5-9-20)25-26-23-10-6-7-11-24(23)29(25)18-28/h3-15,19H,16-18H2,1-2H3. The van der Waals surface area contributed by atoms with Crippen LogP contribution < -0.4 is 9.80 Å². The third-order valence-electron chi connectivity index (χ3n) is 5.71. The zero-order chi connectivity index (χ0) is 19.8. The molecule has 0 saturated carbocycles. The molecule has 0 fully saturated rings. The highest BCUT2D eigenvalue weighted by atomic mass is 15.5. The molecular formula is C25H26N4. The lowest BCUT2D eigenvalue weighted by Crippen LogP contribution is -2.45. The van der Waals surface area contributed by atoms with Crippen LogP contribution in [0.15, 0.2) is 78.9 Å². The highest BCUT2D eigenvalue weighted by molar-refractivity contribution is 5.79. The summed E-state index contributed by atoms with van der Waals surface area (Å²) in [6.07, 6.45) is 0. The SMILES string of the molecule is CC(C)c1ccc(N2CN(Cc3ccccc3)c3nc4ccccc4n3C2)cc1. The van der Waals surface area contributed by atoms with E-state index in [0.717, 1.165) is 31.3 Å². The van der Waals surface area contributed by atoms with E-state index >= 15 is 0 Å². The van der Waals surface area contributed by atoms with Gasteiger partial charge in [-0.1, -0.05) is 68.4 Å². The summed E-state index contributed by atoms with van der Waals surface area (Å²) in [6, 6.07) is 28.1. The molecule has 1 aliphatic heterocycles. The van der Waals surface area contributed by atoms with Gasteiger partial charge in [-0.3, -0.25) is 4.57 Å². The monoisotopic (exact) mass is 382 g/mol. The Morgan fingerprint density at radius 1 is 0.828 bits per heavy atom. The summed E-state index contributed by atoms with van der Waals surface area (Å²) < 4.78 is 2.33. The maximum atomic E-state index is 4.96. The summed E-state index contributed by atoms with van der Waals surface area (Å²) in [6.45, 7) is 6.94. The molecule has 0 N–H and O–H groups in total. The quantitative estimate of drug-likeness (QED) is 0.459. The molecule has 0 spiro atoms. The van der Waals surface area contributed by atoms with Crippen LogP contribution >= 0.6 is 0 Å². The third kappa shape index (κ3) is 3.35. The minimum atomic E-state index is 0.546. The Labute approximate surface area is 172 Å². The van der Waals surface area contributed by atoms with E-state index in [-0.39, 0.29) is 0 Å². The molecule has 0 bridgehead atoms. The molecule has 1 aliphatic rings. The zero-order valence-electron chi connectivity index (χ0n) is 17.0. The first-order valence-electron chi connectivity index (χ1n) is 10.3. The Morgan fingerprint density at radius 3 is 2.31 bits per heavy atom. The average Bonchev–Trinajstić information content (AvgIpc) is 3.14. The van der Waals surface area contributed by atoms with Crippen LogP contribution in [0.1, 0.15) is 30.9 Å². The molecule has 3 aromatic carbocycles. The number of aromatic nitrogens is 2. The number of hydrogen-bond donors (Lipinski definition) is 0. The van der Waals surface area contributed by atoms with Crippen molar-refractivity contribution in [2.24, 2.45) is 0 Å². The van der Waals surface area contributed by atoms with Gasteiger partial charge in [0.05, 0.1) is 24.4 Å². The molecule has 4 nitrogen and oxygen atoms in total. The summed E-state index contributed by atoms with van der Waals surface area (Å²) >= 11 is 0. The van der Waals surface area contributed by atoms with E-state index in [9.17, 15) is 0 Å². The molecule has 0 aliphatic carbocycles. The largest absolute Gasteiger partial charge is 0.335 e. The van der Waals surface area contributed by atoms with Gasteiger partial charge in [-0.2, -0.15) is 0 Å². The molecule has 2 heterocycles. The summed E-state index contributed by atoms with van der Waals surface area (Å²) in [5.74, 6) is 1.59. The Bertz CT molecular complexity index is 1110. The van der Waals surface area contributed by atoms with Crippen molar-refractivity contribution in [2.45, 2.75) is 33.0 Å². The van der Waals surface area contributed by atoms with E-state index < -0.39 is 0 Å². The second-order valence-corrected chi connectivity index (χ2v) is 8.08. The molecule has 1 aromatic heterocycles. The summed E-state index contributed by atoms with van der Waals surface area (Å²) in [5, 5.41) is 0. The van der Waals surface area contributed by atoms with Gasteiger partial charge >= 0.3 is 0 Å². The molecule has 0 unspecified atom stereocenters. The first kappa shape index (κ1) is 17.8. The number of rotatable bonds is 4. The lowest BCUT2D eigenvalue weighted by Gasteiger charge is -2.38. The van der Waals surface area contributed by atoms with E-state index in [2.05, 4.69) is 107 Å². The second-order valence-electron chi connectivity index (χ2n) is 8.08. The van der Waals surface area contributed by atoms with Crippen molar-refractivity contribution in [3.8, 4) is 0 Å². The smallest absolute Gasteiger partial charge is 0.209 e. The summed E-state index contributed by atoms with van der Waals surface area (Å²) in [4.78, 5) is 9.75. The lowest BCUT2D eigenvalue weighted by molar-refractivity contribution is 0.561. The number of imidazole rings is 1. The van der Waals surface area contributed by atoms with E-state index in [0.29, 0.717) is 5.92 Å². The second kappa shape index (κ2) is 7.28. The number of hydrogen-bond acceptors (Lipinski definition) is 3. The maximum absolute atomic E-state index is 4.96. The van der Waals surface area contributed by atoms with Gasteiger partial charge in [-0.15, -0.1) is 0 Å². The Kier molecular flexibility index (Phi) is 4.47. The van der Waals surface area contributed by atoms with Crippen LogP contribution in [0.4, 0.5) is 11.6 Å². The predicted molar refractivity (Wildman–Crippen MR) is 120 cm³/mol. The van der Waals surface area contributed by atoms with Crippen molar-refractivity contribution in [1.29, 1.82) is 0 Å². The Hall–Kier alpha value is -3.27. The van der Waals surface area contributed by atoms with Gasteiger partial charge in [0.2, 0.25) is 5.95 Å². The zero-order valence-corrected chi connectivity index (χ0v) is 17.0. The molecule has 29 heavy (non-hydrogen) atoms. The molecule has 5 rings (SSSR count). The van der Waals surface area contributed by atoms with Gasteiger partial charge in [0, 0.05) is 12.2 Å². The van der Waals surface area contributed by atoms with Gasteiger partial charge in [0.1, 0.15) is 0 Å². The van der Waals surface area contributed by atoms with Crippen molar-refractivity contribution < 1.29 is 0 Å². The molecule has 4 aromatic rings. The number of para-hydroxylation sites is 2. The maximum Gasteiger partial charge on any atom is 0.209 e. The number of anilines is 2. The van der Waals surface area contributed by atoms with Gasteiger partial charge in [-0.05, 0) is 41.3 Å². The Morgan fingerprint density at radius 2 is 1.55 bits per heavy atom. The van der Waals surface area contributed by atoms with Crippen LogP contribution in [0.2, 0.25) is 0 Å². The molecule has 4 heteroatoms. The average molecular weight is 383 g/mol. The van der Waals surface area contributed by atoms with E-state index in [4.69, 9.17) is 4.98 Å². The molecule has 0 radical (unpaired) electrons. The minimum absolute atomic E-state index is 0.546. The minimum Gasteiger partial charge on any atom is -0.335 e. The fourth-order valence-corrected chi connectivity index (χ4v) is 4.09. The van der Waals surface area contributed by atoms with Crippen LogP contribution in [-0.4, -0.2) is 16.2 Å². The lowest BCUT2D eigenvalue weighted by atomic mass is 10.0. The third-order valence-corrected chi connectivity index (χ3v) is 5.71. The number of fused-ring (bicyclic) bond motifs is 3. The van der Waals surface area contributed by atoms with Gasteiger partial charge in [0.15, 0.2) is 0 Å². The normalized spacial score (nSPS) is 13.9. The van der Waals surface area contributed by atoms with E-state index in [1.165, 1.54) is 22.3 Å². The Balaban J connectivity index is 1.54. The first-order chi connectivity index (χ1) is 14.2. The van der Waals surface area contributed by atoms with E-state index in [1.54, 1.807) is 0 Å². The summed E-state index contributed by atoms with van der Waals surface area (Å²) in [7, 11) is 0. The molecule has 146 valence electrons. The number of nitrogens with zero attached hydrogens (tertiary/aromatic N) is 4. The molecule has 0 atom stereocenters. The van der Waals surface area contributed by atoms with Crippen molar-refractivity contribution in [3.05, 3.63) is 90.0 Å². The van der Waals surface area contributed by atoms with Crippen molar-refractivity contribution >= 4 is 22.7 Å². The van der Waals surface area contributed by atoms with Crippen LogP contribution in [0.25, 0.3) is 11.0 Å². The first-order valence-corrected chi connectivity index (χ1v) is 10.3. The topological polar surface area (TPSA) is 24.3 Å². The molecule has 0 saturated heterocycles. The van der Waals surface area contributed by atoms with Crippen LogP contribution in [0, 0.1) is 0 Å². The van der Waals surface area contributed by atoms with Crippen LogP contribution in [0.5, 0.6) is 0 Å².